The maximum atomic E-state index is 14.2. The summed E-state index contributed by atoms with van der Waals surface area (Å²) in [5.74, 6) is -2.40. The Balaban J connectivity index is 1.39. The van der Waals surface area contributed by atoms with E-state index in [1.807, 2.05) is 18.2 Å². The van der Waals surface area contributed by atoms with Gasteiger partial charge in [-0.3, -0.25) is 14.5 Å². The second kappa shape index (κ2) is 11.2. The van der Waals surface area contributed by atoms with Crippen molar-refractivity contribution >= 4 is 11.8 Å². The Hall–Kier alpha value is -2.88. The van der Waals surface area contributed by atoms with E-state index in [0.29, 0.717) is 12.1 Å². The van der Waals surface area contributed by atoms with Gasteiger partial charge in [0.25, 0.3) is 11.8 Å². The Labute approximate surface area is 203 Å². The average Bonchev–Trinajstić information content (AvgIpc) is 3.10. The van der Waals surface area contributed by atoms with Crippen molar-refractivity contribution in [3.05, 3.63) is 71.3 Å². The predicted octanol–water partition coefficient (Wildman–Crippen LogP) is 2.07. The monoisotopic (exact) mass is 487 g/mol. The van der Waals surface area contributed by atoms with Crippen LogP contribution < -0.4 is 5.32 Å². The van der Waals surface area contributed by atoms with Crippen LogP contribution in [0.2, 0.25) is 0 Å². The molecule has 2 saturated heterocycles. The van der Waals surface area contributed by atoms with Gasteiger partial charge in [0.1, 0.15) is 11.6 Å². The van der Waals surface area contributed by atoms with E-state index in [2.05, 4.69) is 10.2 Å². The Morgan fingerprint density at radius 3 is 2.26 bits per heavy atom. The van der Waals surface area contributed by atoms with Crippen molar-refractivity contribution in [1.82, 2.24) is 15.1 Å². The fourth-order valence-electron chi connectivity index (χ4n) is 5.28. The summed E-state index contributed by atoms with van der Waals surface area (Å²) in [5, 5.41) is 22.3. The normalized spacial score (nSPS) is 22.6. The van der Waals surface area contributed by atoms with Crippen LogP contribution in [-0.2, 0) is 11.3 Å². The number of nitrogens with one attached hydrogen (secondary N) is 1. The first-order chi connectivity index (χ1) is 16.9. The molecule has 2 aromatic rings. The van der Waals surface area contributed by atoms with Gasteiger partial charge in [-0.15, -0.1) is 0 Å². The van der Waals surface area contributed by atoms with Gasteiger partial charge in [0.2, 0.25) is 0 Å². The Morgan fingerprint density at radius 1 is 1.03 bits per heavy atom. The molecule has 2 aliphatic rings. The molecule has 0 aromatic heterocycles. The van der Waals surface area contributed by atoms with Crippen molar-refractivity contribution in [2.75, 3.05) is 19.7 Å². The third-order valence-electron chi connectivity index (χ3n) is 7.06. The third kappa shape index (κ3) is 5.86. The van der Waals surface area contributed by atoms with E-state index < -0.39 is 30.3 Å². The van der Waals surface area contributed by atoms with Gasteiger partial charge in [0.05, 0.1) is 13.2 Å². The van der Waals surface area contributed by atoms with E-state index in [9.17, 15) is 28.6 Å². The largest absolute Gasteiger partial charge is 0.393 e. The van der Waals surface area contributed by atoms with Crippen molar-refractivity contribution in [2.45, 2.75) is 56.5 Å². The number of halogens is 2. The standard InChI is InChI=1S/C26H31F2N3O4/c27-22-7-4-8-23(28)21(22)15-30(26(35)24(33)16-32)11-12-31-19-9-10-20(31)14-18(13-19)29-25(34)17-5-2-1-3-6-17/h1-8,18-20,24,32-33H,9-16H2,(H,29,34)/t18?,19?,20?,24-/m0/s1. The van der Waals surface area contributed by atoms with E-state index in [1.54, 1.807) is 12.1 Å². The third-order valence-corrected chi connectivity index (χ3v) is 7.06. The molecule has 2 bridgehead atoms. The Morgan fingerprint density at radius 2 is 1.66 bits per heavy atom. The van der Waals surface area contributed by atoms with Crippen LogP contribution in [0.1, 0.15) is 41.6 Å². The van der Waals surface area contributed by atoms with Crippen LogP contribution >= 0.6 is 0 Å². The molecule has 2 heterocycles. The molecule has 35 heavy (non-hydrogen) atoms. The second-order valence-electron chi connectivity index (χ2n) is 9.29. The van der Waals surface area contributed by atoms with Gasteiger partial charge in [0.15, 0.2) is 6.10 Å². The average molecular weight is 488 g/mol. The molecule has 0 aliphatic carbocycles. The Kier molecular flexibility index (Phi) is 8.10. The number of piperidine rings is 1. The summed E-state index contributed by atoms with van der Waals surface area (Å²) < 4.78 is 28.4. The van der Waals surface area contributed by atoms with E-state index in [1.165, 1.54) is 11.0 Å². The molecule has 3 N–H and O–H groups in total. The molecular formula is C26H31F2N3O4. The molecule has 2 unspecified atom stereocenters. The molecular weight excluding hydrogens is 456 g/mol. The molecule has 0 saturated carbocycles. The van der Waals surface area contributed by atoms with E-state index >= 15 is 0 Å². The maximum Gasteiger partial charge on any atom is 0.254 e. The summed E-state index contributed by atoms with van der Waals surface area (Å²) in [5.41, 5.74) is 0.371. The van der Waals surface area contributed by atoms with Gasteiger partial charge in [-0.1, -0.05) is 24.3 Å². The van der Waals surface area contributed by atoms with Crippen molar-refractivity contribution < 1.29 is 28.6 Å². The highest BCUT2D eigenvalue weighted by Crippen LogP contribution is 2.35. The molecule has 0 radical (unpaired) electrons. The van der Waals surface area contributed by atoms with Crippen LogP contribution in [0.3, 0.4) is 0 Å². The lowest BCUT2D eigenvalue weighted by atomic mass is 9.96. The molecule has 4 rings (SSSR count). The smallest absolute Gasteiger partial charge is 0.254 e. The topological polar surface area (TPSA) is 93.1 Å². The number of aliphatic hydroxyl groups is 2. The quantitative estimate of drug-likeness (QED) is 0.504. The summed E-state index contributed by atoms with van der Waals surface area (Å²) in [6.07, 6.45) is 1.85. The van der Waals surface area contributed by atoms with Crippen molar-refractivity contribution in [2.24, 2.45) is 0 Å². The number of amides is 2. The predicted molar refractivity (Wildman–Crippen MR) is 125 cm³/mol. The minimum atomic E-state index is -1.65. The molecule has 2 aromatic carbocycles. The fraction of sp³-hybridized carbons (Fsp3) is 0.462. The van der Waals surface area contributed by atoms with Gasteiger partial charge in [-0.2, -0.15) is 0 Å². The molecule has 2 aliphatic heterocycles. The minimum absolute atomic E-state index is 0.0536. The number of benzene rings is 2. The number of nitrogens with zero attached hydrogens (tertiary/aromatic N) is 2. The van der Waals surface area contributed by atoms with Crippen molar-refractivity contribution in [3.63, 3.8) is 0 Å². The molecule has 7 nitrogen and oxygen atoms in total. The highest BCUT2D eigenvalue weighted by molar-refractivity contribution is 5.94. The van der Waals surface area contributed by atoms with Crippen LogP contribution in [0.5, 0.6) is 0 Å². The fourth-order valence-corrected chi connectivity index (χ4v) is 5.28. The van der Waals surface area contributed by atoms with Gasteiger partial charge >= 0.3 is 0 Å². The van der Waals surface area contributed by atoms with Crippen LogP contribution in [0.15, 0.2) is 48.5 Å². The Bertz CT molecular complexity index is 1000. The lowest BCUT2D eigenvalue weighted by molar-refractivity contribution is -0.143. The minimum Gasteiger partial charge on any atom is -0.393 e. The van der Waals surface area contributed by atoms with Crippen LogP contribution in [-0.4, -0.2) is 75.8 Å². The first kappa shape index (κ1) is 25.2. The highest BCUT2D eigenvalue weighted by Gasteiger charge is 2.41. The summed E-state index contributed by atoms with van der Waals surface area (Å²) in [6, 6.07) is 13.1. The summed E-state index contributed by atoms with van der Waals surface area (Å²) in [7, 11) is 0. The number of rotatable bonds is 9. The van der Waals surface area contributed by atoms with Crippen molar-refractivity contribution in [1.29, 1.82) is 0 Å². The lowest BCUT2D eigenvalue weighted by Gasteiger charge is -2.40. The molecule has 0 spiro atoms. The summed E-state index contributed by atoms with van der Waals surface area (Å²) >= 11 is 0. The van der Waals surface area contributed by atoms with Crippen LogP contribution in [0.25, 0.3) is 0 Å². The zero-order valence-corrected chi connectivity index (χ0v) is 19.4. The van der Waals surface area contributed by atoms with Crippen LogP contribution in [0, 0.1) is 11.6 Å². The summed E-state index contributed by atoms with van der Waals surface area (Å²) in [6.45, 7) is -0.494. The van der Waals surface area contributed by atoms with Gasteiger partial charge in [0, 0.05) is 42.3 Å². The number of hydrogen-bond acceptors (Lipinski definition) is 5. The van der Waals surface area contributed by atoms with Crippen LogP contribution in [0.4, 0.5) is 8.78 Å². The molecule has 9 heteroatoms. The number of carbonyl (C=O) groups excluding carboxylic acids is 2. The van der Waals surface area contributed by atoms with Gasteiger partial charge < -0.3 is 20.4 Å². The first-order valence-corrected chi connectivity index (χ1v) is 12.0. The molecule has 3 atom stereocenters. The molecule has 2 fully saturated rings. The lowest BCUT2D eigenvalue weighted by Crippen LogP contribution is -2.53. The van der Waals surface area contributed by atoms with Gasteiger partial charge in [-0.05, 0) is 49.9 Å². The molecule has 2 amide bonds. The number of carbonyl (C=O) groups is 2. The van der Waals surface area contributed by atoms with E-state index in [-0.39, 0.29) is 42.7 Å². The van der Waals surface area contributed by atoms with Crippen molar-refractivity contribution in [3.8, 4) is 0 Å². The number of fused-ring (bicyclic) bond motifs is 2. The second-order valence-corrected chi connectivity index (χ2v) is 9.29. The first-order valence-electron chi connectivity index (χ1n) is 12.0. The maximum absolute atomic E-state index is 14.2. The van der Waals surface area contributed by atoms with E-state index in [0.717, 1.165) is 37.8 Å². The number of aliphatic hydroxyl groups excluding tert-OH is 2. The summed E-state index contributed by atoms with van der Waals surface area (Å²) in [4.78, 5) is 28.7. The SMILES string of the molecule is O=C(NC1CC2CCC(C1)N2CCN(Cc1c(F)cccc1F)C(=O)[C@@H](O)CO)c1ccccc1. The molecule has 188 valence electrons. The number of hydrogen-bond donors (Lipinski definition) is 3. The highest BCUT2D eigenvalue weighted by atomic mass is 19.1. The zero-order valence-electron chi connectivity index (χ0n) is 19.4. The van der Waals surface area contributed by atoms with E-state index in [4.69, 9.17) is 0 Å². The zero-order chi connectivity index (χ0) is 24.9. The van der Waals surface area contributed by atoms with Gasteiger partial charge in [-0.25, -0.2) is 8.78 Å².